The second kappa shape index (κ2) is 8.95. The van der Waals surface area contributed by atoms with E-state index >= 15 is 0 Å². The van der Waals surface area contributed by atoms with Gasteiger partial charge >= 0.3 is 0 Å². The lowest BCUT2D eigenvalue weighted by atomic mass is 10.2. The minimum absolute atomic E-state index is 0. The highest BCUT2D eigenvalue weighted by Crippen LogP contribution is 2.28. The van der Waals surface area contributed by atoms with E-state index in [2.05, 4.69) is 15.2 Å². The molecule has 1 amide bonds. The smallest absolute Gasteiger partial charge is 0.273 e. The van der Waals surface area contributed by atoms with Crippen LogP contribution in [-0.4, -0.2) is 70.9 Å². The number of hydrogen-bond acceptors (Lipinski definition) is 7. The van der Waals surface area contributed by atoms with Crippen LogP contribution in [0.3, 0.4) is 0 Å². The first kappa shape index (κ1) is 20.7. The molecular weight excluding hydrogens is 402 g/mol. The van der Waals surface area contributed by atoms with Gasteiger partial charge in [0.15, 0.2) is 0 Å². The third-order valence-electron chi connectivity index (χ3n) is 5.15. The Morgan fingerprint density at radius 2 is 2.07 bits per heavy atom. The number of hydrogen-bond donors (Lipinski definition) is 1. The summed E-state index contributed by atoms with van der Waals surface area (Å²) in [6, 6.07) is 6.77. The van der Waals surface area contributed by atoms with Crippen LogP contribution >= 0.6 is 23.7 Å². The van der Waals surface area contributed by atoms with Crippen molar-refractivity contribution in [3.63, 3.8) is 0 Å². The molecule has 1 aromatic heterocycles. The third kappa shape index (κ3) is 4.33. The van der Waals surface area contributed by atoms with Crippen LogP contribution < -0.4 is 5.32 Å². The first-order valence-electron chi connectivity index (χ1n) is 9.06. The summed E-state index contributed by atoms with van der Waals surface area (Å²) in [6.45, 7) is 5.55. The number of nitro benzene ring substituents is 1. The molecule has 1 unspecified atom stereocenters. The quantitative estimate of drug-likeness (QED) is 0.599. The normalized spacial score (nSPS) is 20.0. The Morgan fingerprint density at radius 1 is 1.29 bits per heavy atom. The van der Waals surface area contributed by atoms with E-state index in [-0.39, 0.29) is 24.0 Å². The van der Waals surface area contributed by atoms with E-state index in [9.17, 15) is 14.9 Å². The predicted molar refractivity (Wildman–Crippen MR) is 110 cm³/mol. The zero-order valence-corrected chi connectivity index (χ0v) is 16.9. The summed E-state index contributed by atoms with van der Waals surface area (Å²) in [6.07, 6.45) is 0.994. The highest BCUT2D eigenvalue weighted by Gasteiger charge is 2.32. The fourth-order valence-corrected chi connectivity index (χ4v) is 4.48. The number of likely N-dealkylation sites (tertiary alicyclic amines) is 1. The first-order chi connectivity index (χ1) is 13.1. The second-order valence-corrected chi connectivity index (χ2v) is 7.68. The number of carbonyl (C=O) groups is 1. The van der Waals surface area contributed by atoms with Gasteiger partial charge in [0.25, 0.3) is 11.6 Å². The number of aromatic nitrogens is 1. The Kier molecular flexibility index (Phi) is 6.61. The summed E-state index contributed by atoms with van der Waals surface area (Å²) in [4.78, 5) is 32.1. The van der Waals surface area contributed by atoms with Gasteiger partial charge in [0, 0.05) is 68.4 Å². The van der Waals surface area contributed by atoms with E-state index in [1.807, 2.05) is 4.90 Å². The van der Waals surface area contributed by atoms with Gasteiger partial charge in [-0.05, 0) is 6.42 Å². The molecule has 2 aliphatic rings. The van der Waals surface area contributed by atoms with Gasteiger partial charge in [-0.2, -0.15) is 0 Å². The molecule has 10 heteroatoms. The molecule has 0 saturated carbocycles. The Bertz CT molecular complexity index is 855. The van der Waals surface area contributed by atoms with Crippen LogP contribution in [0.5, 0.6) is 0 Å². The second-order valence-electron chi connectivity index (χ2n) is 6.82. The van der Waals surface area contributed by atoms with Gasteiger partial charge in [-0.15, -0.1) is 23.7 Å². The molecule has 1 N–H and O–H groups in total. The zero-order chi connectivity index (χ0) is 18.8. The molecule has 2 aliphatic heterocycles. The van der Waals surface area contributed by atoms with Crippen molar-refractivity contribution in [2.75, 3.05) is 39.3 Å². The number of nitro groups is 1. The molecule has 3 heterocycles. The van der Waals surface area contributed by atoms with Crippen LogP contribution in [0.15, 0.2) is 29.6 Å². The van der Waals surface area contributed by atoms with Crippen molar-refractivity contribution >= 4 is 35.3 Å². The maximum atomic E-state index is 12.8. The Hall–Kier alpha value is -2.07. The molecule has 2 saturated heterocycles. The number of nitrogens with zero attached hydrogens (tertiary/aromatic N) is 4. The largest absolute Gasteiger partial charge is 0.336 e. The molecule has 2 aromatic rings. The highest BCUT2D eigenvalue weighted by molar-refractivity contribution is 7.13. The van der Waals surface area contributed by atoms with E-state index < -0.39 is 4.92 Å². The van der Waals surface area contributed by atoms with Gasteiger partial charge in [0.05, 0.1) is 4.92 Å². The summed E-state index contributed by atoms with van der Waals surface area (Å²) in [7, 11) is 0. The van der Waals surface area contributed by atoms with Crippen LogP contribution in [-0.2, 0) is 0 Å². The maximum Gasteiger partial charge on any atom is 0.273 e. The summed E-state index contributed by atoms with van der Waals surface area (Å²) in [5.41, 5.74) is 1.10. The lowest BCUT2D eigenvalue weighted by Gasteiger charge is -2.32. The monoisotopic (exact) mass is 423 g/mol. The van der Waals surface area contributed by atoms with Crippen molar-refractivity contribution in [1.82, 2.24) is 20.1 Å². The number of piperazine rings is 1. The van der Waals surface area contributed by atoms with Crippen molar-refractivity contribution in [3.8, 4) is 10.6 Å². The van der Waals surface area contributed by atoms with Crippen molar-refractivity contribution in [3.05, 3.63) is 45.5 Å². The average molecular weight is 424 g/mol. The summed E-state index contributed by atoms with van der Waals surface area (Å²) in [5.74, 6) is -0.0550. The van der Waals surface area contributed by atoms with Gasteiger partial charge in [0.1, 0.15) is 10.7 Å². The van der Waals surface area contributed by atoms with Crippen LogP contribution in [0.25, 0.3) is 10.6 Å². The lowest BCUT2D eigenvalue weighted by Crippen LogP contribution is -2.49. The Balaban J connectivity index is 0.00000225. The molecule has 8 nitrogen and oxygen atoms in total. The van der Waals surface area contributed by atoms with Gasteiger partial charge in [-0.25, -0.2) is 4.98 Å². The fourth-order valence-electron chi connectivity index (χ4n) is 3.69. The number of halogens is 1. The SMILES string of the molecule is Cl.O=C(c1csc(-c2cccc([N+](=O)[O-])c2)n1)N1CCC(N2CCNCC2)C1. The maximum absolute atomic E-state index is 12.8. The highest BCUT2D eigenvalue weighted by atomic mass is 35.5. The number of thiazole rings is 1. The Labute approximate surface area is 173 Å². The molecule has 0 bridgehead atoms. The minimum Gasteiger partial charge on any atom is -0.336 e. The van der Waals surface area contributed by atoms with E-state index in [4.69, 9.17) is 0 Å². The zero-order valence-electron chi connectivity index (χ0n) is 15.2. The van der Waals surface area contributed by atoms with Crippen LogP contribution in [0.2, 0.25) is 0 Å². The molecule has 1 atom stereocenters. The fraction of sp³-hybridized carbons (Fsp3) is 0.444. The standard InChI is InChI=1S/C18H21N5O3S.ClH/c24-18(22-7-4-15(11-22)21-8-5-19-6-9-21)16-12-27-17(20-16)13-2-1-3-14(10-13)23(25)26;/h1-3,10,12,15,19H,4-9,11H2;1H. The van der Waals surface area contributed by atoms with E-state index in [0.29, 0.717) is 22.3 Å². The number of carbonyl (C=O) groups excluding carboxylic acids is 1. The summed E-state index contributed by atoms with van der Waals surface area (Å²) in [5, 5.41) is 16.7. The van der Waals surface area contributed by atoms with Crippen LogP contribution in [0, 0.1) is 10.1 Å². The van der Waals surface area contributed by atoms with E-state index in [0.717, 1.165) is 45.7 Å². The van der Waals surface area contributed by atoms with Gasteiger partial charge in [-0.1, -0.05) is 12.1 Å². The minimum atomic E-state index is -0.427. The molecule has 150 valence electrons. The van der Waals surface area contributed by atoms with E-state index in [1.165, 1.54) is 23.5 Å². The molecule has 0 radical (unpaired) electrons. The topological polar surface area (TPSA) is 91.6 Å². The first-order valence-corrected chi connectivity index (χ1v) is 9.94. The molecular formula is C18H22ClN5O3S. The van der Waals surface area contributed by atoms with Crippen molar-refractivity contribution in [2.45, 2.75) is 12.5 Å². The number of benzene rings is 1. The van der Waals surface area contributed by atoms with E-state index in [1.54, 1.807) is 17.5 Å². The number of non-ortho nitro benzene ring substituents is 1. The number of amides is 1. The predicted octanol–water partition coefficient (Wildman–Crippen LogP) is 2.26. The molecule has 4 rings (SSSR count). The van der Waals surface area contributed by atoms with Crippen LogP contribution in [0.4, 0.5) is 5.69 Å². The van der Waals surface area contributed by atoms with Crippen LogP contribution in [0.1, 0.15) is 16.9 Å². The molecule has 0 aliphatic carbocycles. The summed E-state index contributed by atoms with van der Waals surface area (Å²) >= 11 is 1.34. The molecule has 0 spiro atoms. The molecule has 1 aromatic carbocycles. The Morgan fingerprint density at radius 3 is 2.82 bits per heavy atom. The lowest BCUT2D eigenvalue weighted by molar-refractivity contribution is -0.384. The molecule has 2 fully saturated rings. The van der Waals surface area contributed by atoms with Crippen molar-refractivity contribution in [1.29, 1.82) is 0 Å². The van der Waals surface area contributed by atoms with Gasteiger partial charge in [-0.3, -0.25) is 19.8 Å². The average Bonchev–Trinajstić information content (AvgIpc) is 3.38. The summed E-state index contributed by atoms with van der Waals surface area (Å²) < 4.78 is 0. The third-order valence-corrected chi connectivity index (χ3v) is 6.04. The number of nitrogens with one attached hydrogen (secondary N) is 1. The van der Waals surface area contributed by atoms with Gasteiger partial charge in [0.2, 0.25) is 0 Å². The van der Waals surface area contributed by atoms with Crippen molar-refractivity contribution < 1.29 is 9.72 Å². The van der Waals surface area contributed by atoms with Gasteiger partial charge < -0.3 is 10.2 Å². The molecule has 28 heavy (non-hydrogen) atoms. The van der Waals surface area contributed by atoms with Crippen molar-refractivity contribution in [2.24, 2.45) is 0 Å². The number of rotatable bonds is 4.